The second kappa shape index (κ2) is 5.75. The van der Waals surface area contributed by atoms with Gasteiger partial charge >= 0.3 is 0 Å². The van der Waals surface area contributed by atoms with E-state index in [0.717, 1.165) is 23.8 Å². The summed E-state index contributed by atoms with van der Waals surface area (Å²) in [5.74, 6) is -0.997. The van der Waals surface area contributed by atoms with Crippen LogP contribution in [0.3, 0.4) is 0 Å². The van der Waals surface area contributed by atoms with Gasteiger partial charge in [0.05, 0.1) is 24.1 Å². The normalized spacial score (nSPS) is 10.6. The van der Waals surface area contributed by atoms with E-state index in [-0.39, 0.29) is 5.69 Å². The second-order valence-corrected chi connectivity index (χ2v) is 4.66. The van der Waals surface area contributed by atoms with Gasteiger partial charge in [0.1, 0.15) is 11.6 Å². The molecule has 1 heterocycles. The molecule has 0 aliphatic heterocycles. The maximum atomic E-state index is 13.6. The van der Waals surface area contributed by atoms with E-state index >= 15 is 0 Å². The topological polar surface area (TPSA) is 29.9 Å². The van der Waals surface area contributed by atoms with Crippen molar-refractivity contribution in [2.24, 2.45) is 0 Å². The van der Waals surface area contributed by atoms with Gasteiger partial charge in [-0.05, 0) is 17.7 Å². The number of hydrogen-bond acceptors (Lipinski definition) is 2. The molecule has 0 aliphatic carbocycles. The minimum absolute atomic E-state index is 0.0919. The van der Waals surface area contributed by atoms with Gasteiger partial charge in [-0.25, -0.2) is 8.78 Å². The lowest BCUT2D eigenvalue weighted by molar-refractivity contribution is 0.603. The summed E-state index contributed by atoms with van der Waals surface area (Å²) in [4.78, 5) is 0. The highest BCUT2D eigenvalue weighted by atomic mass is 19.1. The van der Waals surface area contributed by atoms with Gasteiger partial charge < -0.3 is 5.32 Å². The molecule has 3 aromatic rings. The van der Waals surface area contributed by atoms with Gasteiger partial charge in [-0.1, -0.05) is 30.3 Å². The molecule has 1 N–H and O–H groups in total. The highest BCUT2D eigenvalue weighted by molar-refractivity contribution is 5.58. The smallest absolute Gasteiger partial charge is 0.146 e. The Kier molecular flexibility index (Phi) is 3.64. The lowest BCUT2D eigenvalue weighted by atomic mass is 10.2. The number of rotatable bonds is 4. The molecular formula is C16H13F2N3. The Morgan fingerprint density at radius 3 is 2.67 bits per heavy atom. The first-order chi connectivity index (χ1) is 10.2. The molecule has 0 spiro atoms. The number of aromatic nitrogens is 2. The van der Waals surface area contributed by atoms with Gasteiger partial charge in [-0.15, -0.1) is 0 Å². The summed E-state index contributed by atoms with van der Waals surface area (Å²) < 4.78 is 28.4. The standard InChI is InChI=1S/C16H13F2N3/c17-13-6-7-15(18)16(8-13)20-14-9-19-21(11-14)10-12-4-2-1-3-5-12/h1-9,11,20H,10H2. The second-order valence-electron chi connectivity index (χ2n) is 4.66. The monoisotopic (exact) mass is 285 g/mol. The highest BCUT2D eigenvalue weighted by Gasteiger charge is 2.06. The van der Waals surface area contributed by atoms with E-state index in [1.165, 1.54) is 0 Å². The molecule has 0 saturated carbocycles. The van der Waals surface area contributed by atoms with Crippen molar-refractivity contribution in [3.8, 4) is 0 Å². The zero-order chi connectivity index (χ0) is 14.7. The van der Waals surface area contributed by atoms with Crippen molar-refractivity contribution in [1.82, 2.24) is 9.78 Å². The minimum atomic E-state index is -0.507. The van der Waals surface area contributed by atoms with E-state index in [9.17, 15) is 8.78 Å². The predicted octanol–water partition coefficient (Wildman–Crippen LogP) is 3.95. The van der Waals surface area contributed by atoms with Gasteiger partial charge in [0.25, 0.3) is 0 Å². The van der Waals surface area contributed by atoms with Crippen molar-refractivity contribution >= 4 is 11.4 Å². The lowest BCUT2D eigenvalue weighted by Crippen LogP contribution is -1.99. The molecule has 2 aromatic carbocycles. The Hall–Kier alpha value is -2.69. The van der Waals surface area contributed by atoms with Crippen molar-refractivity contribution in [3.63, 3.8) is 0 Å². The average Bonchev–Trinajstić information content (AvgIpc) is 2.91. The van der Waals surface area contributed by atoms with Crippen LogP contribution in [0.1, 0.15) is 5.56 Å². The summed E-state index contributed by atoms with van der Waals surface area (Å²) in [7, 11) is 0. The fraction of sp³-hybridized carbons (Fsp3) is 0.0625. The zero-order valence-corrected chi connectivity index (χ0v) is 11.1. The van der Waals surface area contributed by atoms with E-state index in [4.69, 9.17) is 0 Å². The molecule has 0 fully saturated rings. The Labute approximate surface area is 120 Å². The van der Waals surface area contributed by atoms with Crippen molar-refractivity contribution in [1.29, 1.82) is 0 Å². The van der Waals surface area contributed by atoms with Gasteiger partial charge in [0.2, 0.25) is 0 Å². The fourth-order valence-electron chi connectivity index (χ4n) is 2.03. The zero-order valence-electron chi connectivity index (χ0n) is 11.1. The first-order valence-electron chi connectivity index (χ1n) is 6.49. The Bertz CT molecular complexity index is 738. The third kappa shape index (κ3) is 3.25. The highest BCUT2D eigenvalue weighted by Crippen LogP contribution is 2.20. The molecule has 0 saturated heterocycles. The lowest BCUT2D eigenvalue weighted by Gasteiger charge is -2.05. The van der Waals surface area contributed by atoms with Gasteiger partial charge in [-0.3, -0.25) is 4.68 Å². The minimum Gasteiger partial charge on any atom is -0.350 e. The van der Waals surface area contributed by atoms with Gasteiger partial charge in [-0.2, -0.15) is 5.10 Å². The molecule has 0 atom stereocenters. The summed E-state index contributed by atoms with van der Waals surface area (Å²) in [6, 6.07) is 13.2. The molecule has 5 heteroatoms. The number of benzene rings is 2. The van der Waals surface area contributed by atoms with E-state index in [0.29, 0.717) is 12.2 Å². The first kappa shape index (κ1) is 13.3. The number of hydrogen-bond donors (Lipinski definition) is 1. The summed E-state index contributed by atoms with van der Waals surface area (Å²) >= 11 is 0. The number of halogens is 2. The molecule has 106 valence electrons. The van der Waals surface area contributed by atoms with Crippen LogP contribution in [0.25, 0.3) is 0 Å². The molecule has 0 unspecified atom stereocenters. The molecule has 0 aliphatic rings. The first-order valence-corrected chi connectivity index (χ1v) is 6.49. The quantitative estimate of drug-likeness (QED) is 0.786. The number of nitrogens with one attached hydrogen (secondary N) is 1. The molecule has 0 amide bonds. The number of anilines is 2. The van der Waals surface area contributed by atoms with Crippen molar-refractivity contribution in [2.75, 3.05) is 5.32 Å². The van der Waals surface area contributed by atoms with Crippen LogP contribution in [0, 0.1) is 11.6 Å². The molecule has 1 aromatic heterocycles. The van der Waals surface area contributed by atoms with Crippen LogP contribution in [0.2, 0.25) is 0 Å². The fourth-order valence-corrected chi connectivity index (χ4v) is 2.03. The maximum Gasteiger partial charge on any atom is 0.146 e. The summed E-state index contributed by atoms with van der Waals surface area (Å²) in [5.41, 5.74) is 1.81. The van der Waals surface area contributed by atoms with E-state index in [2.05, 4.69) is 10.4 Å². The third-order valence-corrected chi connectivity index (χ3v) is 3.03. The molecule has 0 bridgehead atoms. The maximum absolute atomic E-state index is 13.6. The largest absolute Gasteiger partial charge is 0.350 e. The predicted molar refractivity (Wildman–Crippen MR) is 77.4 cm³/mol. The van der Waals surface area contributed by atoms with Crippen LogP contribution in [0.15, 0.2) is 60.9 Å². The molecule has 21 heavy (non-hydrogen) atoms. The van der Waals surface area contributed by atoms with Crippen molar-refractivity contribution < 1.29 is 8.78 Å². The van der Waals surface area contributed by atoms with Crippen LogP contribution in [-0.2, 0) is 6.54 Å². The summed E-state index contributed by atoms with van der Waals surface area (Å²) in [6.07, 6.45) is 3.32. The Balaban J connectivity index is 1.75. The molecule has 3 nitrogen and oxygen atoms in total. The Morgan fingerprint density at radius 2 is 1.86 bits per heavy atom. The van der Waals surface area contributed by atoms with Crippen LogP contribution < -0.4 is 5.32 Å². The molecular weight excluding hydrogens is 272 g/mol. The van der Waals surface area contributed by atoms with Crippen molar-refractivity contribution in [2.45, 2.75) is 6.54 Å². The van der Waals surface area contributed by atoms with E-state index < -0.39 is 11.6 Å². The number of nitrogens with zero attached hydrogens (tertiary/aromatic N) is 2. The molecule has 3 rings (SSSR count). The van der Waals surface area contributed by atoms with Gasteiger partial charge in [0, 0.05) is 12.3 Å². The molecule has 0 radical (unpaired) electrons. The van der Waals surface area contributed by atoms with Crippen LogP contribution in [0.4, 0.5) is 20.2 Å². The summed E-state index contributed by atoms with van der Waals surface area (Å²) in [6.45, 7) is 0.619. The van der Waals surface area contributed by atoms with Crippen LogP contribution in [0.5, 0.6) is 0 Å². The van der Waals surface area contributed by atoms with E-state index in [1.54, 1.807) is 17.1 Å². The van der Waals surface area contributed by atoms with Crippen molar-refractivity contribution in [3.05, 3.63) is 78.1 Å². The van der Waals surface area contributed by atoms with Crippen LogP contribution >= 0.6 is 0 Å². The SMILES string of the molecule is Fc1ccc(F)c(Nc2cnn(Cc3ccccc3)c2)c1. The Morgan fingerprint density at radius 1 is 1.05 bits per heavy atom. The van der Waals surface area contributed by atoms with Gasteiger partial charge in [0.15, 0.2) is 0 Å². The van der Waals surface area contributed by atoms with E-state index in [1.807, 2.05) is 30.3 Å². The van der Waals surface area contributed by atoms with Crippen LogP contribution in [-0.4, -0.2) is 9.78 Å². The average molecular weight is 285 g/mol. The summed E-state index contributed by atoms with van der Waals surface area (Å²) in [5, 5.41) is 7.02. The third-order valence-electron chi connectivity index (χ3n) is 3.03.